The van der Waals surface area contributed by atoms with Crippen LogP contribution in [0.2, 0.25) is 0 Å². The van der Waals surface area contributed by atoms with E-state index in [1.807, 2.05) is 6.92 Å². The number of nitrogens with one attached hydrogen (secondary N) is 1. The summed E-state index contributed by atoms with van der Waals surface area (Å²) in [5, 5.41) is 3.43. The van der Waals surface area contributed by atoms with Crippen LogP contribution in [0.15, 0.2) is 0 Å². The van der Waals surface area contributed by atoms with Crippen LogP contribution < -0.4 is 5.32 Å². The lowest BCUT2D eigenvalue weighted by Crippen LogP contribution is -2.62. The molecule has 1 aliphatic carbocycles. The second-order valence-corrected chi connectivity index (χ2v) is 4.87. The summed E-state index contributed by atoms with van der Waals surface area (Å²) in [5.74, 6) is -0.156. The van der Waals surface area contributed by atoms with E-state index in [1.54, 1.807) is 0 Å². The van der Waals surface area contributed by atoms with Gasteiger partial charge in [-0.05, 0) is 19.8 Å². The quantitative estimate of drug-likeness (QED) is 0.692. The molecule has 0 bridgehead atoms. The molecular weight excluding hydrogens is 218 g/mol. The Labute approximate surface area is 104 Å². The molecule has 0 radical (unpaired) electrons. The Morgan fingerprint density at radius 1 is 1.47 bits per heavy atom. The molecule has 1 saturated carbocycles. The number of hydrogen-bond donors (Lipinski definition) is 1. The fourth-order valence-corrected chi connectivity index (χ4v) is 2.52. The number of rotatable bonds is 7. The van der Waals surface area contributed by atoms with Gasteiger partial charge in [-0.2, -0.15) is 0 Å². The number of methoxy groups -OCH3 is 1. The van der Waals surface area contributed by atoms with Crippen molar-refractivity contribution >= 4 is 5.97 Å². The smallest absolute Gasteiger partial charge is 0.306 e. The van der Waals surface area contributed by atoms with Gasteiger partial charge in [0.25, 0.3) is 0 Å². The van der Waals surface area contributed by atoms with Gasteiger partial charge >= 0.3 is 5.97 Å². The minimum atomic E-state index is -0.156. The highest BCUT2D eigenvalue weighted by atomic mass is 16.5. The number of esters is 1. The van der Waals surface area contributed by atoms with E-state index in [-0.39, 0.29) is 11.4 Å². The largest absolute Gasteiger partial charge is 0.469 e. The predicted molar refractivity (Wildman–Crippen MR) is 66.9 cm³/mol. The van der Waals surface area contributed by atoms with E-state index in [4.69, 9.17) is 4.74 Å². The van der Waals surface area contributed by atoms with E-state index in [0.717, 1.165) is 19.4 Å². The highest BCUT2D eigenvalue weighted by Gasteiger charge is 2.50. The minimum Gasteiger partial charge on any atom is -0.469 e. The zero-order valence-corrected chi connectivity index (χ0v) is 11.4. The Kier molecular flexibility index (Phi) is 5.40. The second kappa shape index (κ2) is 6.36. The van der Waals surface area contributed by atoms with Gasteiger partial charge < -0.3 is 14.8 Å². The summed E-state index contributed by atoms with van der Waals surface area (Å²) in [4.78, 5) is 11.0. The molecule has 100 valence electrons. The van der Waals surface area contributed by atoms with Crippen LogP contribution in [-0.4, -0.2) is 38.4 Å². The van der Waals surface area contributed by atoms with Crippen LogP contribution >= 0.6 is 0 Å². The summed E-state index contributed by atoms with van der Waals surface area (Å²) >= 11 is 0. The van der Waals surface area contributed by atoms with E-state index < -0.39 is 0 Å². The molecule has 17 heavy (non-hydrogen) atoms. The van der Waals surface area contributed by atoms with Crippen molar-refractivity contribution in [3.05, 3.63) is 0 Å². The summed E-state index contributed by atoms with van der Waals surface area (Å²) in [5.41, 5.74) is 0.201. The van der Waals surface area contributed by atoms with Crippen molar-refractivity contribution in [3.63, 3.8) is 0 Å². The van der Waals surface area contributed by atoms with Crippen LogP contribution in [0.1, 0.15) is 40.0 Å². The van der Waals surface area contributed by atoms with Crippen LogP contribution in [0.5, 0.6) is 0 Å². The summed E-state index contributed by atoms with van der Waals surface area (Å²) in [7, 11) is 1.42. The fourth-order valence-electron chi connectivity index (χ4n) is 2.52. The standard InChI is InChI=1S/C13H25NO3/c1-5-13(3)10(9-11(13)17-6-2)14-8-7-12(15)16-4/h10-11,14H,5-9H2,1-4H3. The van der Waals surface area contributed by atoms with E-state index in [1.165, 1.54) is 7.11 Å². The van der Waals surface area contributed by atoms with Crippen LogP contribution in [0, 0.1) is 5.41 Å². The van der Waals surface area contributed by atoms with Crippen molar-refractivity contribution in [2.24, 2.45) is 5.41 Å². The first-order chi connectivity index (χ1) is 8.08. The van der Waals surface area contributed by atoms with Gasteiger partial charge in [0, 0.05) is 24.6 Å². The highest BCUT2D eigenvalue weighted by molar-refractivity contribution is 5.69. The lowest BCUT2D eigenvalue weighted by molar-refractivity contribution is -0.141. The van der Waals surface area contributed by atoms with Crippen molar-refractivity contribution in [1.29, 1.82) is 0 Å². The first kappa shape index (κ1) is 14.5. The molecule has 0 aliphatic heterocycles. The number of hydrogen-bond acceptors (Lipinski definition) is 4. The van der Waals surface area contributed by atoms with E-state index >= 15 is 0 Å². The van der Waals surface area contributed by atoms with Crippen molar-refractivity contribution in [2.75, 3.05) is 20.3 Å². The molecule has 0 aromatic heterocycles. The predicted octanol–water partition coefficient (Wildman–Crippen LogP) is 1.73. The number of carbonyl (C=O) groups is 1. The molecule has 3 unspecified atom stereocenters. The molecule has 4 heteroatoms. The zero-order chi connectivity index (χ0) is 12.9. The van der Waals surface area contributed by atoms with Crippen LogP contribution in [-0.2, 0) is 14.3 Å². The summed E-state index contributed by atoms with van der Waals surface area (Å²) in [6, 6.07) is 0.453. The van der Waals surface area contributed by atoms with E-state index in [2.05, 4.69) is 23.9 Å². The third kappa shape index (κ3) is 3.19. The minimum absolute atomic E-state index is 0.156. The van der Waals surface area contributed by atoms with Crippen LogP contribution in [0.25, 0.3) is 0 Å². The van der Waals surface area contributed by atoms with Gasteiger partial charge in [0.2, 0.25) is 0 Å². The van der Waals surface area contributed by atoms with Crippen LogP contribution in [0.4, 0.5) is 0 Å². The van der Waals surface area contributed by atoms with Gasteiger partial charge in [0.05, 0.1) is 19.6 Å². The fraction of sp³-hybridized carbons (Fsp3) is 0.923. The Bertz CT molecular complexity index is 257. The Hall–Kier alpha value is -0.610. The maximum Gasteiger partial charge on any atom is 0.306 e. The molecule has 3 atom stereocenters. The molecule has 0 heterocycles. The van der Waals surface area contributed by atoms with Crippen molar-refractivity contribution in [1.82, 2.24) is 5.32 Å². The third-order valence-corrected chi connectivity index (χ3v) is 4.06. The second-order valence-electron chi connectivity index (χ2n) is 4.87. The SMILES string of the molecule is CCOC1CC(NCCC(=O)OC)C1(C)CC. The van der Waals surface area contributed by atoms with Crippen molar-refractivity contribution in [2.45, 2.75) is 52.2 Å². The molecule has 1 rings (SSSR count). The molecule has 0 aromatic carbocycles. The molecule has 0 amide bonds. The molecule has 0 aromatic rings. The highest BCUT2D eigenvalue weighted by Crippen LogP contribution is 2.45. The lowest BCUT2D eigenvalue weighted by atomic mass is 9.61. The Morgan fingerprint density at radius 3 is 2.71 bits per heavy atom. The summed E-state index contributed by atoms with van der Waals surface area (Å²) in [6.07, 6.45) is 2.92. The van der Waals surface area contributed by atoms with Crippen LogP contribution in [0.3, 0.4) is 0 Å². The molecule has 1 aliphatic rings. The van der Waals surface area contributed by atoms with Crippen molar-refractivity contribution in [3.8, 4) is 0 Å². The lowest BCUT2D eigenvalue weighted by Gasteiger charge is -2.53. The first-order valence-corrected chi connectivity index (χ1v) is 6.50. The monoisotopic (exact) mass is 243 g/mol. The van der Waals surface area contributed by atoms with Crippen molar-refractivity contribution < 1.29 is 14.3 Å². The molecule has 4 nitrogen and oxygen atoms in total. The Balaban J connectivity index is 2.33. The van der Waals surface area contributed by atoms with Gasteiger partial charge in [0.15, 0.2) is 0 Å². The average Bonchev–Trinajstić information content (AvgIpc) is 2.35. The normalized spacial score (nSPS) is 32.0. The average molecular weight is 243 g/mol. The Morgan fingerprint density at radius 2 is 2.18 bits per heavy atom. The molecular formula is C13H25NO3. The van der Waals surface area contributed by atoms with E-state index in [0.29, 0.717) is 25.1 Å². The molecule has 1 fully saturated rings. The van der Waals surface area contributed by atoms with Gasteiger partial charge in [-0.3, -0.25) is 4.79 Å². The maximum absolute atomic E-state index is 11.0. The summed E-state index contributed by atoms with van der Waals surface area (Å²) in [6.45, 7) is 7.95. The van der Waals surface area contributed by atoms with Gasteiger partial charge in [0.1, 0.15) is 0 Å². The van der Waals surface area contributed by atoms with Gasteiger partial charge in [-0.15, -0.1) is 0 Å². The molecule has 0 spiro atoms. The van der Waals surface area contributed by atoms with E-state index in [9.17, 15) is 4.79 Å². The number of carbonyl (C=O) groups excluding carboxylic acids is 1. The molecule has 1 N–H and O–H groups in total. The van der Waals surface area contributed by atoms with Gasteiger partial charge in [-0.25, -0.2) is 0 Å². The first-order valence-electron chi connectivity index (χ1n) is 6.50. The zero-order valence-electron chi connectivity index (χ0n) is 11.4. The molecule has 0 saturated heterocycles. The third-order valence-electron chi connectivity index (χ3n) is 4.06. The summed E-state index contributed by atoms with van der Waals surface area (Å²) < 4.78 is 10.3. The maximum atomic E-state index is 11.0. The number of ether oxygens (including phenoxy) is 2. The van der Waals surface area contributed by atoms with Gasteiger partial charge in [-0.1, -0.05) is 13.8 Å². The topological polar surface area (TPSA) is 47.6 Å².